The zero-order chi connectivity index (χ0) is 22.4. The molecule has 1 atom stereocenters. The molecule has 3 aromatic rings. The van der Waals surface area contributed by atoms with Crippen LogP contribution in [0.25, 0.3) is 0 Å². The van der Waals surface area contributed by atoms with E-state index >= 15 is 0 Å². The van der Waals surface area contributed by atoms with Crippen LogP contribution in [0.15, 0.2) is 77.7 Å². The van der Waals surface area contributed by atoms with Crippen LogP contribution in [0.5, 0.6) is 5.75 Å². The van der Waals surface area contributed by atoms with Crippen LogP contribution in [0.2, 0.25) is 5.02 Å². The smallest absolute Gasteiger partial charge is 0.265 e. The Balaban J connectivity index is 1.64. The van der Waals surface area contributed by atoms with Gasteiger partial charge in [-0.2, -0.15) is 0 Å². The highest BCUT2D eigenvalue weighted by Crippen LogP contribution is 2.22. The summed E-state index contributed by atoms with van der Waals surface area (Å²) < 4.78 is 33.4. The van der Waals surface area contributed by atoms with Gasteiger partial charge in [-0.1, -0.05) is 36.7 Å². The van der Waals surface area contributed by atoms with Crippen molar-refractivity contribution in [3.05, 3.63) is 83.4 Å². The summed E-state index contributed by atoms with van der Waals surface area (Å²) in [4.78, 5) is 12.6. The molecular weight excluding hydrogens is 436 g/mol. The first-order chi connectivity index (χ1) is 14.8. The number of halogens is 1. The molecule has 0 bridgehead atoms. The first-order valence-electron chi connectivity index (χ1n) is 9.72. The van der Waals surface area contributed by atoms with E-state index in [1.807, 2.05) is 31.2 Å². The lowest BCUT2D eigenvalue weighted by molar-refractivity contribution is -0.122. The molecule has 0 radical (unpaired) electrons. The van der Waals surface area contributed by atoms with Gasteiger partial charge in [0.05, 0.1) is 4.90 Å². The fourth-order valence-electron chi connectivity index (χ4n) is 2.85. The minimum atomic E-state index is -3.77. The molecule has 0 heterocycles. The van der Waals surface area contributed by atoms with Gasteiger partial charge in [-0.25, -0.2) is 8.42 Å². The molecule has 0 aliphatic heterocycles. The van der Waals surface area contributed by atoms with Crippen LogP contribution in [0, 0.1) is 0 Å². The summed E-state index contributed by atoms with van der Waals surface area (Å²) in [7, 11) is -3.77. The number of hydrogen-bond acceptors (Lipinski definition) is 4. The van der Waals surface area contributed by atoms with Crippen molar-refractivity contribution in [2.75, 3.05) is 10.0 Å². The Morgan fingerprint density at radius 1 is 0.968 bits per heavy atom. The third kappa shape index (κ3) is 5.99. The lowest BCUT2D eigenvalue weighted by Gasteiger charge is -2.17. The van der Waals surface area contributed by atoms with E-state index in [1.54, 1.807) is 31.2 Å². The maximum Gasteiger partial charge on any atom is 0.265 e. The number of ether oxygens (including phenoxy) is 1. The van der Waals surface area contributed by atoms with Crippen molar-refractivity contribution < 1.29 is 17.9 Å². The van der Waals surface area contributed by atoms with E-state index in [2.05, 4.69) is 10.0 Å². The second-order valence-corrected chi connectivity index (χ2v) is 8.97. The summed E-state index contributed by atoms with van der Waals surface area (Å²) in [5.74, 6) is 0.336. The van der Waals surface area contributed by atoms with Gasteiger partial charge in [-0.05, 0) is 73.5 Å². The van der Waals surface area contributed by atoms with Crippen LogP contribution in [-0.2, 0) is 21.2 Å². The van der Waals surface area contributed by atoms with Crippen molar-refractivity contribution in [3.8, 4) is 5.75 Å². The zero-order valence-corrected chi connectivity index (χ0v) is 18.7. The SMILES string of the molecule is CCc1ccccc1O[C@H](C)C(=O)Nc1ccc(S(=O)(=O)Nc2ccc(Cl)cc2)cc1. The van der Waals surface area contributed by atoms with Crippen LogP contribution in [0.4, 0.5) is 11.4 Å². The predicted octanol–water partition coefficient (Wildman–Crippen LogP) is 5.11. The maximum absolute atomic E-state index is 12.5. The number of aryl methyl sites for hydroxylation is 1. The monoisotopic (exact) mass is 458 g/mol. The standard InChI is InChI=1S/C23H23ClN2O4S/c1-3-17-6-4-5-7-22(17)30-16(2)23(27)25-19-12-14-21(15-13-19)31(28,29)26-20-10-8-18(24)9-11-20/h4-16,26H,3H2,1-2H3,(H,25,27)/t16-/m1/s1. The van der Waals surface area contributed by atoms with Crippen molar-refractivity contribution in [1.29, 1.82) is 0 Å². The number of hydrogen-bond donors (Lipinski definition) is 2. The molecular formula is C23H23ClN2O4S. The Kier molecular flexibility index (Phi) is 7.20. The lowest BCUT2D eigenvalue weighted by Crippen LogP contribution is -2.30. The molecule has 162 valence electrons. The summed E-state index contributed by atoms with van der Waals surface area (Å²) in [5.41, 5.74) is 1.89. The summed E-state index contributed by atoms with van der Waals surface area (Å²) in [6.07, 6.45) is 0.0764. The number of anilines is 2. The topological polar surface area (TPSA) is 84.5 Å². The highest BCUT2D eigenvalue weighted by Gasteiger charge is 2.18. The normalized spacial score (nSPS) is 12.1. The second kappa shape index (κ2) is 9.85. The van der Waals surface area contributed by atoms with E-state index in [-0.39, 0.29) is 10.8 Å². The van der Waals surface area contributed by atoms with Gasteiger partial charge in [0.1, 0.15) is 5.75 Å². The van der Waals surface area contributed by atoms with Gasteiger partial charge in [0.2, 0.25) is 0 Å². The van der Waals surface area contributed by atoms with Gasteiger partial charge < -0.3 is 10.1 Å². The number of nitrogens with one attached hydrogen (secondary N) is 2. The van der Waals surface area contributed by atoms with Gasteiger partial charge in [0.25, 0.3) is 15.9 Å². The first-order valence-corrected chi connectivity index (χ1v) is 11.6. The molecule has 0 saturated carbocycles. The average Bonchev–Trinajstić information content (AvgIpc) is 2.76. The van der Waals surface area contributed by atoms with Crippen LogP contribution < -0.4 is 14.8 Å². The van der Waals surface area contributed by atoms with Gasteiger partial charge in [-0.3, -0.25) is 9.52 Å². The number of benzene rings is 3. The van der Waals surface area contributed by atoms with E-state index in [0.717, 1.165) is 12.0 Å². The fraction of sp³-hybridized carbons (Fsp3) is 0.174. The third-order valence-corrected chi connectivity index (χ3v) is 6.20. The lowest BCUT2D eigenvalue weighted by atomic mass is 10.1. The number of carbonyl (C=O) groups is 1. The number of amides is 1. The minimum absolute atomic E-state index is 0.0709. The van der Waals surface area contributed by atoms with E-state index in [0.29, 0.717) is 22.1 Å². The Morgan fingerprint density at radius 2 is 1.58 bits per heavy atom. The minimum Gasteiger partial charge on any atom is -0.481 e. The van der Waals surface area contributed by atoms with E-state index < -0.39 is 16.1 Å². The van der Waals surface area contributed by atoms with Gasteiger partial charge in [0.15, 0.2) is 6.10 Å². The average molecular weight is 459 g/mol. The summed E-state index contributed by atoms with van der Waals surface area (Å²) in [6, 6.07) is 19.8. The molecule has 0 aliphatic carbocycles. The van der Waals surface area contributed by atoms with Crippen LogP contribution in [0.3, 0.4) is 0 Å². The molecule has 0 spiro atoms. The van der Waals surface area contributed by atoms with Crippen LogP contribution in [-0.4, -0.2) is 20.4 Å². The second-order valence-electron chi connectivity index (χ2n) is 6.85. The van der Waals surface area contributed by atoms with Crippen LogP contribution >= 0.6 is 11.6 Å². The maximum atomic E-state index is 12.5. The quantitative estimate of drug-likeness (QED) is 0.491. The van der Waals surface area contributed by atoms with Crippen LogP contribution in [0.1, 0.15) is 19.4 Å². The fourth-order valence-corrected chi connectivity index (χ4v) is 4.03. The van der Waals surface area contributed by atoms with Crippen molar-refractivity contribution in [3.63, 3.8) is 0 Å². The van der Waals surface area contributed by atoms with Crippen molar-refractivity contribution in [2.45, 2.75) is 31.3 Å². The molecule has 0 fully saturated rings. The van der Waals surface area contributed by atoms with Gasteiger partial charge in [-0.15, -0.1) is 0 Å². The molecule has 0 unspecified atom stereocenters. The predicted molar refractivity (Wildman–Crippen MR) is 123 cm³/mol. The first kappa shape index (κ1) is 22.7. The zero-order valence-electron chi connectivity index (χ0n) is 17.1. The van der Waals surface area contributed by atoms with Crippen molar-refractivity contribution in [2.24, 2.45) is 0 Å². The molecule has 3 aromatic carbocycles. The number of sulfonamides is 1. The molecule has 31 heavy (non-hydrogen) atoms. The Hall–Kier alpha value is -3.03. The molecule has 0 aliphatic rings. The largest absolute Gasteiger partial charge is 0.481 e. The number of para-hydroxylation sites is 1. The summed E-state index contributed by atoms with van der Waals surface area (Å²) in [6.45, 7) is 3.68. The Labute approximate surface area is 187 Å². The number of rotatable bonds is 8. The van der Waals surface area contributed by atoms with E-state index in [4.69, 9.17) is 16.3 Å². The van der Waals surface area contributed by atoms with E-state index in [9.17, 15) is 13.2 Å². The molecule has 8 heteroatoms. The summed E-state index contributed by atoms with van der Waals surface area (Å²) >= 11 is 5.82. The van der Waals surface area contributed by atoms with Crippen molar-refractivity contribution in [1.82, 2.24) is 0 Å². The Bertz CT molecular complexity index is 1150. The third-order valence-electron chi connectivity index (χ3n) is 4.56. The van der Waals surface area contributed by atoms with E-state index in [1.165, 1.54) is 24.3 Å². The molecule has 1 amide bonds. The van der Waals surface area contributed by atoms with Gasteiger partial charge in [0, 0.05) is 16.4 Å². The molecule has 6 nitrogen and oxygen atoms in total. The highest BCUT2D eigenvalue weighted by molar-refractivity contribution is 7.92. The number of carbonyl (C=O) groups excluding carboxylic acids is 1. The molecule has 3 rings (SSSR count). The molecule has 0 saturated heterocycles. The highest BCUT2D eigenvalue weighted by atomic mass is 35.5. The molecule has 0 aromatic heterocycles. The van der Waals surface area contributed by atoms with Gasteiger partial charge >= 0.3 is 0 Å². The Morgan fingerprint density at radius 3 is 2.23 bits per heavy atom. The van der Waals surface area contributed by atoms with Crippen molar-refractivity contribution >= 4 is 38.9 Å². The summed E-state index contributed by atoms with van der Waals surface area (Å²) in [5, 5.41) is 3.25. The molecule has 2 N–H and O–H groups in total.